The second-order valence-electron chi connectivity index (χ2n) is 17.5. The maximum absolute atomic E-state index is 14.0. The van der Waals surface area contributed by atoms with Crippen LogP contribution >= 0.6 is 11.8 Å². The van der Waals surface area contributed by atoms with E-state index in [9.17, 15) is 24.7 Å². The molecule has 63 heavy (non-hydrogen) atoms. The number of rotatable bonds is 19. The summed E-state index contributed by atoms with van der Waals surface area (Å²) in [6.07, 6.45) is 14.1. The molecule has 1 unspecified atom stereocenters. The number of benzene rings is 1. The normalized spacial score (nSPS) is 19.4. The quantitative estimate of drug-likeness (QED) is 0.0595. The van der Waals surface area contributed by atoms with E-state index in [-0.39, 0.29) is 44.6 Å². The predicted octanol–water partition coefficient (Wildman–Crippen LogP) is 6.44. The molecule has 336 valence electrons. The maximum atomic E-state index is 14.0. The van der Waals surface area contributed by atoms with Crippen molar-refractivity contribution in [3.63, 3.8) is 0 Å². The summed E-state index contributed by atoms with van der Waals surface area (Å²) in [5, 5.41) is 36.0. The zero-order valence-corrected chi connectivity index (χ0v) is 37.8. The van der Waals surface area contributed by atoms with E-state index < -0.39 is 35.4 Å². The van der Waals surface area contributed by atoms with E-state index in [0.29, 0.717) is 38.2 Å². The molecule has 1 aliphatic heterocycles. The fraction of sp³-hybridized carbons (Fsp3) is 0.458. The summed E-state index contributed by atoms with van der Waals surface area (Å²) in [6, 6.07) is 8.27. The average molecular weight is 880 g/mol. The molecule has 0 radical (unpaired) electrons. The lowest BCUT2D eigenvalue weighted by molar-refractivity contribution is -0.144. The number of carbonyl (C=O) groups excluding carboxylic acids is 3. The van der Waals surface area contributed by atoms with Crippen molar-refractivity contribution in [1.82, 2.24) is 30.3 Å². The van der Waals surface area contributed by atoms with Crippen LogP contribution in [0.15, 0.2) is 100 Å². The van der Waals surface area contributed by atoms with Gasteiger partial charge in [-0.3, -0.25) is 24.0 Å². The van der Waals surface area contributed by atoms with Gasteiger partial charge in [-0.05, 0) is 85.1 Å². The third kappa shape index (κ3) is 12.2. The van der Waals surface area contributed by atoms with Crippen molar-refractivity contribution in [3.05, 3.63) is 106 Å². The molecule has 4 N–H and O–H groups in total. The highest BCUT2D eigenvalue weighted by molar-refractivity contribution is 8.06. The van der Waals surface area contributed by atoms with Crippen molar-refractivity contribution in [2.45, 2.75) is 91.5 Å². The first-order valence-corrected chi connectivity index (χ1v) is 22.5. The monoisotopic (exact) mass is 879 g/mol. The van der Waals surface area contributed by atoms with E-state index in [2.05, 4.69) is 65.5 Å². The van der Waals surface area contributed by atoms with E-state index in [1.807, 2.05) is 61.3 Å². The number of aliphatic hydroxyl groups excluding tert-OH is 1. The summed E-state index contributed by atoms with van der Waals surface area (Å²) in [5.41, 5.74) is 8.34. The summed E-state index contributed by atoms with van der Waals surface area (Å²) < 4.78 is 13.4. The Morgan fingerprint density at radius 1 is 1.06 bits per heavy atom. The number of oxime groups is 1. The number of aromatic nitrogens is 3. The molecule has 3 heterocycles. The molecule has 0 bridgehead atoms. The number of fused-ring (bicyclic) bond motifs is 1. The van der Waals surface area contributed by atoms with Crippen LogP contribution in [0.3, 0.4) is 0 Å². The van der Waals surface area contributed by atoms with E-state index in [1.165, 1.54) is 15.4 Å². The molecule has 14 nitrogen and oxygen atoms in total. The fourth-order valence-corrected chi connectivity index (χ4v) is 8.83. The molecule has 0 spiro atoms. The van der Waals surface area contributed by atoms with Crippen LogP contribution in [0.4, 0.5) is 0 Å². The number of likely N-dealkylation sites (tertiary alicyclic amines) is 1. The number of pyridine rings is 1. The second kappa shape index (κ2) is 21.8. The Labute approximate surface area is 374 Å². The number of hydrogen-bond donors (Lipinski definition) is 4. The zero-order chi connectivity index (χ0) is 45.1. The first-order valence-electron chi connectivity index (χ1n) is 21.6. The van der Waals surface area contributed by atoms with E-state index in [0.717, 1.165) is 51.9 Å². The van der Waals surface area contributed by atoms with Crippen LogP contribution in [-0.4, -0.2) is 111 Å². The van der Waals surface area contributed by atoms with Crippen LogP contribution < -0.4 is 10.6 Å². The Kier molecular flexibility index (Phi) is 16.3. The number of nitrogens with one attached hydrogen (secondary N) is 2. The first kappa shape index (κ1) is 47.1. The molecule has 4 atom stereocenters. The third-order valence-electron chi connectivity index (χ3n) is 11.4. The molecule has 3 amide bonds. The van der Waals surface area contributed by atoms with Crippen LogP contribution in [0.5, 0.6) is 0 Å². The summed E-state index contributed by atoms with van der Waals surface area (Å²) in [6.45, 7) is 15.2. The molecule has 1 saturated heterocycles. The lowest BCUT2D eigenvalue weighted by atomic mass is 9.85. The number of nitrogens with zero attached hydrogens (tertiary/aromatic N) is 5. The molecule has 2 aromatic heterocycles. The maximum Gasteiger partial charge on any atom is 0.246 e. The molecule has 3 aromatic rings. The molecular formula is C48H61N7O7S. The van der Waals surface area contributed by atoms with Gasteiger partial charge in [0.1, 0.15) is 24.4 Å². The van der Waals surface area contributed by atoms with Gasteiger partial charge in [0.15, 0.2) is 0 Å². The van der Waals surface area contributed by atoms with E-state index in [1.54, 1.807) is 24.2 Å². The average Bonchev–Trinajstić information content (AvgIpc) is 4.01. The highest BCUT2D eigenvalue weighted by atomic mass is 32.2. The summed E-state index contributed by atoms with van der Waals surface area (Å²) >= 11 is 1.59. The lowest BCUT2D eigenvalue weighted by Gasteiger charge is -2.35. The molecule has 0 saturated carbocycles. The van der Waals surface area contributed by atoms with Crippen LogP contribution in [-0.2, 0) is 36.8 Å². The molecule has 3 aliphatic rings. The number of amides is 3. The number of thioether (sulfide) groups is 1. The summed E-state index contributed by atoms with van der Waals surface area (Å²) in [5.74, 6) is -1.12. The highest BCUT2D eigenvalue weighted by Gasteiger charge is 2.44. The van der Waals surface area contributed by atoms with Gasteiger partial charge < -0.3 is 35.3 Å². The Balaban J connectivity index is 0.938. The van der Waals surface area contributed by atoms with Gasteiger partial charge in [0.25, 0.3) is 0 Å². The topological polar surface area (TPSA) is 180 Å². The number of carbonyl (C=O) groups is 3. The molecule has 1 fully saturated rings. The van der Waals surface area contributed by atoms with Crippen LogP contribution in [0.1, 0.15) is 71.4 Å². The van der Waals surface area contributed by atoms with Gasteiger partial charge in [0, 0.05) is 72.8 Å². The predicted molar refractivity (Wildman–Crippen MR) is 246 cm³/mol. The largest absolute Gasteiger partial charge is 0.411 e. The van der Waals surface area contributed by atoms with Gasteiger partial charge >= 0.3 is 0 Å². The highest BCUT2D eigenvalue weighted by Crippen LogP contribution is 2.35. The Morgan fingerprint density at radius 3 is 2.54 bits per heavy atom. The Morgan fingerprint density at radius 2 is 1.84 bits per heavy atom. The van der Waals surface area contributed by atoms with Gasteiger partial charge in [0.05, 0.1) is 25.0 Å². The Hall–Kier alpha value is -5.35. The minimum Gasteiger partial charge on any atom is -0.411 e. The first-order chi connectivity index (χ1) is 30.3. The van der Waals surface area contributed by atoms with Crippen molar-refractivity contribution in [3.8, 4) is 22.4 Å². The van der Waals surface area contributed by atoms with E-state index in [4.69, 9.17) is 14.6 Å². The Bertz CT molecular complexity index is 2240. The van der Waals surface area contributed by atoms with Gasteiger partial charge in [-0.25, -0.2) is 0 Å². The smallest absolute Gasteiger partial charge is 0.246 e. The number of aliphatic hydroxyl groups is 1. The molecular weight excluding hydrogens is 819 g/mol. The molecule has 2 aliphatic carbocycles. The third-order valence-corrected chi connectivity index (χ3v) is 12.4. The number of ether oxygens (including phenoxy) is 2. The SMILES string of the molecule is C=CSC(C1=CCC(CNC(=O)[C@@H]2C[C@@H](O)CN2C(=O)[C@@H](NC(=O)COCCOCCCn2cc(-c3ccc4c(c3)CC/C4=N\O)c(-c3ccncc3)n2)C(C)(C)C)C=C1)=C(C)C. The van der Waals surface area contributed by atoms with Gasteiger partial charge in [-0.1, -0.05) is 86.3 Å². The minimum atomic E-state index is -0.953. The number of β-amino-alcohol motifs (C(OH)–C–C–N with tert-alkyl or cyclic N) is 1. The summed E-state index contributed by atoms with van der Waals surface area (Å²) in [4.78, 5) is 47.3. The summed E-state index contributed by atoms with van der Waals surface area (Å²) in [7, 11) is 0. The van der Waals surface area contributed by atoms with Gasteiger partial charge in [-0.15, -0.1) is 0 Å². The van der Waals surface area contributed by atoms with Gasteiger partial charge in [-0.2, -0.15) is 5.10 Å². The van der Waals surface area contributed by atoms with E-state index >= 15 is 0 Å². The lowest BCUT2D eigenvalue weighted by Crippen LogP contribution is -2.58. The molecule has 15 heteroatoms. The molecule has 6 rings (SSSR count). The number of hydrogen-bond acceptors (Lipinski definition) is 11. The van der Waals surface area contributed by atoms with Crippen molar-refractivity contribution in [2.24, 2.45) is 16.5 Å². The van der Waals surface area contributed by atoms with Crippen LogP contribution in [0, 0.1) is 11.3 Å². The van der Waals surface area contributed by atoms with Crippen molar-refractivity contribution >= 4 is 35.2 Å². The number of allylic oxidation sites excluding steroid dienone is 4. The van der Waals surface area contributed by atoms with Gasteiger partial charge in [0.2, 0.25) is 17.7 Å². The standard InChI is InChI=1S/C48H61N7O7S/c1-7-63-44(31(2)3)34-11-9-32(10-12-34)27-50-46(58)41-26-37(56)28-55(41)47(59)45(48(4,5)6)51-42(57)30-62-24-23-61-22-8-21-54-29-39(43(52-54)33-17-19-49-20-18-33)36-13-15-38-35(25-36)14-16-40(38)53-60/h7,9,11-13,15,17-20,25,29,32,37,41,45,56,60H,1,8,10,14,16,21-24,26-28,30H2,2-6H3,(H,50,58)(H,51,57)/b53-40+/t32?,37-,41+,45-/m1/s1. The molecule has 1 aromatic carbocycles. The fourth-order valence-electron chi connectivity index (χ4n) is 8.14. The minimum absolute atomic E-state index is 0.0000992. The number of aryl methyl sites for hydroxylation is 2. The van der Waals surface area contributed by atoms with Crippen LogP contribution in [0.25, 0.3) is 22.4 Å². The zero-order valence-electron chi connectivity index (χ0n) is 37.0. The second-order valence-corrected chi connectivity index (χ2v) is 18.4. The van der Waals surface area contributed by atoms with Crippen molar-refractivity contribution in [1.29, 1.82) is 0 Å². The van der Waals surface area contributed by atoms with Crippen molar-refractivity contribution in [2.75, 3.05) is 39.5 Å². The van der Waals surface area contributed by atoms with Crippen molar-refractivity contribution < 1.29 is 34.2 Å². The van der Waals surface area contributed by atoms with Crippen LogP contribution in [0.2, 0.25) is 0 Å².